The molecule has 4 N–H and O–H groups in total. The van der Waals surface area contributed by atoms with Gasteiger partial charge in [-0.25, -0.2) is 0 Å². The summed E-state index contributed by atoms with van der Waals surface area (Å²) in [5, 5.41) is 11.8. The molecule has 5 heteroatoms. The molecule has 1 aliphatic heterocycles. The summed E-state index contributed by atoms with van der Waals surface area (Å²) in [7, 11) is 0. The third-order valence-electron chi connectivity index (χ3n) is 1.57. The smallest absolute Gasteiger partial charge is 0.247 e. The van der Waals surface area contributed by atoms with Crippen molar-refractivity contribution in [1.82, 2.24) is 5.32 Å². The maximum absolute atomic E-state index is 10.3. The number of hydrogen-bond donors (Lipinski definition) is 3. The Morgan fingerprint density at radius 2 is 2.45 bits per heavy atom. The van der Waals surface area contributed by atoms with Gasteiger partial charge in [0, 0.05) is 6.54 Å². The summed E-state index contributed by atoms with van der Waals surface area (Å²) in [5.41, 5.74) is 4.82. The first-order chi connectivity index (χ1) is 5.20. The van der Waals surface area contributed by atoms with Gasteiger partial charge in [-0.3, -0.25) is 4.79 Å². The molecule has 1 amide bonds. The van der Waals surface area contributed by atoms with E-state index in [1.807, 2.05) is 0 Å². The fraction of sp³-hybridized carbons (Fsp3) is 0.833. The summed E-state index contributed by atoms with van der Waals surface area (Å²) in [6.07, 6.45) is -1.09. The zero-order chi connectivity index (χ0) is 8.27. The molecule has 1 saturated heterocycles. The molecule has 0 aromatic rings. The molecule has 1 heterocycles. The van der Waals surface area contributed by atoms with E-state index >= 15 is 0 Å². The molecule has 0 aromatic carbocycles. The lowest BCUT2D eigenvalue weighted by Gasteiger charge is -2.27. The average Bonchev–Trinajstić information content (AvgIpc) is 1.83. The second kappa shape index (κ2) is 3.66. The van der Waals surface area contributed by atoms with Crippen LogP contribution in [0.15, 0.2) is 0 Å². The number of nitrogens with one attached hydrogen (secondary N) is 1. The quantitative estimate of drug-likeness (QED) is 0.436. The molecule has 5 nitrogen and oxygen atoms in total. The predicted octanol–water partition coefficient (Wildman–Crippen LogP) is -2.18. The fourth-order valence-corrected chi connectivity index (χ4v) is 0.732. The van der Waals surface area contributed by atoms with Crippen LogP contribution in [0.3, 0.4) is 0 Å². The lowest BCUT2D eigenvalue weighted by molar-refractivity contribution is -0.126. The molecule has 64 valence electrons. The van der Waals surface area contributed by atoms with Gasteiger partial charge < -0.3 is 20.9 Å². The number of nitrogens with two attached hydrogens (primary N) is 1. The Bertz CT molecular complexity index is 147. The van der Waals surface area contributed by atoms with E-state index in [2.05, 4.69) is 5.32 Å². The van der Waals surface area contributed by atoms with Gasteiger partial charge in [0.25, 0.3) is 0 Å². The molecule has 0 radical (unpaired) electrons. The SMILES string of the molecule is NC(=O)C(O)CNC1COC1. The van der Waals surface area contributed by atoms with Crippen LogP contribution in [-0.4, -0.2) is 42.9 Å². The van der Waals surface area contributed by atoms with Crippen LogP contribution < -0.4 is 11.1 Å². The maximum Gasteiger partial charge on any atom is 0.247 e. The number of rotatable bonds is 4. The summed E-state index contributed by atoms with van der Waals surface area (Å²) in [6.45, 7) is 1.50. The van der Waals surface area contributed by atoms with Crippen molar-refractivity contribution in [2.24, 2.45) is 5.73 Å². The van der Waals surface area contributed by atoms with Gasteiger partial charge in [-0.15, -0.1) is 0 Å². The van der Waals surface area contributed by atoms with E-state index in [1.54, 1.807) is 0 Å². The monoisotopic (exact) mass is 160 g/mol. The Balaban J connectivity index is 2.05. The van der Waals surface area contributed by atoms with Crippen molar-refractivity contribution in [3.8, 4) is 0 Å². The van der Waals surface area contributed by atoms with Gasteiger partial charge in [0.05, 0.1) is 19.3 Å². The van der Waals surface area contributed by atoms with Gasteiger partial charge in [0.15, 0.2) is 0 Å². The van der Waals surface area contributed by atoms with Crippen molar-refractivity contribution in [3.63, 3.8) is 0 Å². The molecule has 0 saturated carbocycles. The molecule has 1 atom stereocenters. The van der Waals surface area contributed by atoms with E-state index in [-0.39, 0.29) is 12.6 Å². The minimum atomic E-state index is -1.09. The van der Waals surface area contributed by atoms with Crippen LogP contribution in [0.2, 0.25) is 0 Å². The summed E-state index contributed by atoms with van der Waals surface area (Å²) < 4.78 is 4.87. The Labute approximate surface area is 64.5 Å². The number of aliphatic hydroxyl groups is 1. The zero-order valence-corrected chi connectivity index (χ0v) is 6.12. The Hall–Kier alpha value is -0.650. The molecule has 1 fully saturated rings. The van der Waals surface area contributed by atoms with Crippen LogP contribution in [0.5, 0.6) is 0 Å². The molecule has 0 spiro atoms. The second-order valence-corrected chi connectivity index (χ2v) is 2.56. The van der Waals surface area contributed by atoms with Gasteiger partial charge in [-0.05, 0) is 0 Å². The van der Waals surface area contributed by atoms with Crippen molar-refractivity contribution in [2.75, 3.05) is 19.8 Å². The second-order valence-electron chi connectivity index (χ2n) is 2.56. The third-order valence-corrected chi connectivity index (χ3v) is 1.57. The summed E-state index contributed by atoms with van der Waals surface area (Å²) in [5.74, 6) is -0.697. The summed E-state index contributed by atoms with van der Waals surface area (Å²) >= 11 is 0. The molecule has 1 rings (SSSR count). The van der Waals surface area contributed by atoms with Crippen molar-refractivity contribution in [2.45, 2.75) is 12.1 Å². The van der Waals surface area contributed by atoms with Gasteiger partial charge in [-0.2, -0.15) is 0 Å². The van der Waals surface area contributed by atoms with Gasteiger partial charge in [0.1, 0.15) is 6.10 Å². The van der Waals surface area contributed by atoms with Crippen LogP contribution in [0.1, 0.15) is 0 Å². The predicted molar refractivity (Wildman–Crippen MR) is 37.8 cm³/mol. The first-order valence-corrected chi connectivity index (χ1v) is 3.48. The van der Waals surface area contributed by atoms with Gasteiger partial charge >= 0.3 is 0 Å². The molecule has 1 unspecified atom stereocenters. The molecule has 0 aromatic heterocycles. The van der Waals surface area contributed by atoms with E-state index in [0.717, 1.165) is 0 Å². The Morgan fingerprint density at radius 1 is 1.82 bits per heavy atom. The van der Waals surface area contributed by atoms with Crippen molar-refractivity contribution >= 4 is 5.91 Å². The maximum atomic E-state index is 10.3. The van der Waals surface area contributed by atoms with Crippen LogP contribution in [0.25, 0.3) is 0 Å². The van der Waals surface area contributed by atoms with E-state index in [0.29, 0.717) is 13.2 Å². The van der Waals surface area contributed by atoms with Gasteiger partial charge in [-0.1, -0.05) is 0 Å². The highest BCUT2D eigenvalue weighted by Gasteiger charge is 2.19. The van der Waals surface area contributed by atoms with Crippen LogP contribution in [0, 0.1) is 0 Å². The first kappa shape index (κ1) is 8.45. The van der Waals surface area contributed by atoms with E-state index in [9.17, 15) is 4.79 Å². The number of ether oxygens (including phenoxy) is 1. The van der Waals surface area contributed by atoms with Crippen molar-refractivity contribution in [1.29, 1.82) is 0 Å². The van der Waals surface area contributed by atoms with Gasteiger partial charge in [0.2, 0.25) is 5.91 Å². The zero-order valence-electron chi connectivity index (χ0n) is 6.12. The number of aliphatic hydroxyl groups excluding tert-OH is 1. The summed E-state index contributed by atoms with van der Waals surface area (Å²) in [4.78, 5) is 10.3. The molecular weight excluding hydrogens is 148 g/mol. The highest BCUT2D eigenvalue weighted by Crippen LogP contribution is 1.98. The Kier molecular flexibility index (Phi) is 2.81. The summed E-state index contributed by atoms with van der Waals surface area (Å²) in [6, 6.07) is 0.268. The molecular formula is C6H12N2O3. The standard InChI is InChI=1S/C6H12N2O3/c7-6(10)5(9)1-8-4-2-11-3-4/h4-5,8-9H,1-3H2,(H2,7,10). The topological polar surface area (TPSA) is 84.6 Å². The normalized spacial score (nSPS) is 20.8. The number of carbonyl (C=O) groups excluding carboxylic acids is 1. The van der Waals surface area contributed by atoms with Crippen LogP contribution in [0.4, 0.5) is 0 Å². The molecule has 11 heavy (non-hydrogen) atoms. The average molecular weight is 160 g/mol. The number of hydrogen-bond acceptors (Lipinski definition) is 4. The lowest BCUT2D eigenvalue weighted by atomic mass is 10.2. The highest BCUT2D eigenvalue weighted by molar-refractivity contribution is 5.78. The fourth-order valence-electron chi connectivity index (χ4n) is 0.732. The highest BCUT2D eigenvalue weighted by atomic mass is 16.5. The Morgan fingerprint density at radius 3 is 2.82 bits per heavy atom. The first-order valence-electron chi connectivity index (χ1n) is 3.48. The van der Waals surface area contributed by atoms with Crippen LogP contribution >= 0.6 is 0 Å². The minimum absolute atomic E-state index is 0.212. The van der Waals surface area contributed by atoms with Crippen molar-refractivity contribution in [3.05, 3.63) is 0 Å². The lowest BCUT2D eigenvalue weighted by Crippen LogP contribution is -2.50. The molecule has 0 aliphatic carbocycles. The molecule has 1 aliphatic rings. The third kappa shape index (κ3) is 2.45. The molecule has 0 bridgehead atoms. The largest absolute Gasteiger partial charge is 0.382 e. The van der Waals surface area contributed by atoms with E-state index in [1.165, 1.54) is 0 Å². The van der Waals surface area contributed by atoms with Crippen molar-refractivity contribution < 1.29 is 14.6 Å². The number of carbonyl (C=O) groups is 1. The number of primary amides is 1. The van der Waals surface area contributed by atoms with E-state index < -0.39 is 12.0 Å². The minimum Gasteiger partial charge on any atom is -0.382 e. The number of amides is 1. The van der Waals surface area contributed by atoms with Crippen LogP contribution in [-0.2, 0) is 9.53 Å². The van der Waals surface area contributed by atoms with E-state index in [4.69, 9.17) is 15.6 Å².